The summed E-state index contributed by atoms with van der Waals surface area (Å²) >= 11 is 0. The summed E-state index contributed by atoms with van der Waals surface area (Å²) < 4.78 is 0. The zero-order chi connectivity index (χ0) is 15.7. The quantitative estimate of drug-likeness (QED) is 0.789. The maximum Gasteiger partial charge on any atom is 0.0695 e. The Kier molecular flexibility index (Phi) is 9.59. The standard InChI is InChI=1S/C19H39NO/c1-16(2)15-20(17(3)4)18-13-11-9-7-5-6-8-10-12-14-19(18)21/h16-19,21H,5-15H2,1-4H3. The second-order valence-corrected chi connectivity index (χ2v) is 7.72. The summed E-state index contributed by atoms with van der Waals surface area (Å²) in [5.41, 5.74) is 0. The van der Waals surface area contributed by atoms with Crippen LogP contribution in [0.5, 0.6) is 0 Å². The Morgan fingerprint density at radius 1 is 0.810 bits per heavy atom. The van der Waals surface area contributed by atoms with E-state index in [1.807, 2.05) is 0 Å². The van der Waals surface area contributed by atoms with Crippen molar-refractivity contribution in [2.45, 2.75) is 110 Å². The van der Waals surface area contributed by atoms with E-state index < -0.39 is 0 Å². The summed E-state index contributed by atoms with van der Waals surface area (Å²) in [7, 11) is 0. The molecule has 1 fully saturated rings. The fourth-order valence-corrected chi connectivity index (χ4v) is 3.69. The molecule has 0 aromatic rings. The van der Waals surface area contributed by atoms with Gasteiger partial charge in [0.2, 0.25) is 0 Å². The van der Waals surface area contributed by atoms with Gasteiger partial charge in [-0.1, -0.05) is 65.2 Å². The molecule has 21 heavy (non-hydrogen) atoms. The number of nitrogens with zero attached hydrogens (tertiary/aromatic N) is 1. The average molecular weight is 298 g/mol. The summed E-state index contributed by atoms with van der Waals surface area (Å²) in [5, 5.41) is 10.7. The minimum atomic E-state index is -0.134. The van der Waals surface area contributed by atoms with Gasteiger partial charge in [0.05, 0.1) is 6.10 Å². The van der Waals surface area contributed by atoms with Gasteiger partial charge in [-0.05, 0) is 32.6 Å². The van der Waals surface area contributed by atoms with E-state index in [0.29, 0.717) is 18.0 Å². The molecule has 0 aliphatic heterocycles. The first kappa shape index (κ1) is 19.0. The zero-order valence-corrected chi connectivity index (χ0v) is 15.0. The molecule has 0 radical (unpaired) electrons. The van der Waals surface area contributed by atoms with Gasteiger partial charge in [0.15, 0.2) is 0 Å². The Morgan fingerprint density at radius 2 is 1.29 bits per heavy atom. The molecular weight excluding hydrogens is 258 g/mol. The molecular formula is C19H39NO. The van der Waals surface area contributed by atoms with E-state index in [9.17, 15) is 5.11 Å². The van der Waals surface area contributed by atoms with E-state index in [2.05, 4.69) is 32.6 Å². The minimum Gasteiger partial charge on any atom is -0.391 e. The van der Waals surface area contributed by atoms with Gasteiger partial charge in [0, 0.05) is 18.6 Å². The van der Waals surface area contributed by atoms with Crippen LogP contribution < -0.4 is 0 Å². The second-order valence-electron chi connectivity index (χ2n) is 7.72. The first-order valence-electron chi connectivity index (χ1n) is 9.46. The lowest BCUT2D eigenvalue weighted by Crippen LogP contribution is -2.48. The third-order valence-corrected chi connectivity index (χ3v) is 4.86. The highest BCUT2D eigenvalue weighted by atomic mass is 16.3. The molecule has 126 valence electrons. The van der Waals surface area contributed by atoms with E-state index in [-0.39, 0.29) is 6.10 Å². The Labute approximate surface area is 133 Å². The van der Waals surface area contributed by atoms with Crippen molar-refractivity contribution in [3.05, 3.63) is 0 Å². The fourth-order valence-electron chi connectivity index (χ4n) is 3.69. The molecule has 2 atom stereocenters. The van der Waals surface area contributed by atoms with Crippen molar-refractivity contribution in [1.29, 1.82) is 0 Å². The summed E-state index contributed by atoms with van der Waals surface area (Å²) in [6.45, 7) is 10.3. The summed E-state index contributed by atoms with van der Waals surface area (Å²) in [5.74, 6) is 0.668. The largest absolute Gasteiger partial charge is 0.391 e. The molecule has 1 saturated carbocycles. The van der Waals surface area contributed by atoms with Crippen LogP contribution in [0.1, 0.15) is 91.9 Å². The number of hydrogen-bond donors (Lipinski definition) is 1. The topological polar surface area (TPSA) is 23.5 Å². The molecule has 2 heteroatoms. The third kappa shape index (κ3) is 7.65. The van der Waals surface area contributed by atoms with Gasteiger partial charge in [-0.3, -0.25) is 4.90 Å². The van der Waals surface area contributed by atoms with Gasteiger partial charge in [-0.2, -0.15) is 0 Å². The lowest BCUT2D eigenvalue weighted by atomic mass is 9.93. The average Bonchev–Trinajstić information content (AvgIpc) is 2.40. The van der Waals surface area contributed by atoms with Crippen LogP contribution in [0.2, 0.25) is 0 Å². The SMILES string of the molecule is CC(C)CN(C(C)C)C1CCCCCCCCCCC1O. The Hall–Kier alpha value is -0.0800. The molecule has 1 aliphatic carbocycles. The summed E-state index contributed by atoms with van der Waals surface area (Å²) in [4.78, 5) is 2.57. The predicted octanol–water partition coefficient (Wildman–Crippen LogP) is 5.00. The van der Waals surface area contributed by atoms with Crippen molar-refractivity contribution < 1.29 is 5.11 Å². The molecule has 0 bridgehead atoms. The van der Waals surface area contributed by atoms with Crippen LogP contribution in [0.25, 0.3) is 0 Å². The van der Waals surface area contributed by atoms with Crippen molar-refractivity contribution in [2.24, 2.45) is 5.92 Å². The highest BCUT2D eigenvalue weighted by molar-refractivity contribution is 4.82. The molecule has 0 spiro atoms. The predicted molar refractivity (Wildman–Crippen MR) is 92.6 cm³/mol. The monoisotopic (exact) mass is 297 g/mol. The maximum absolute atomic E-state index is 10.7. The normalized spacial score (nSPS) is 26.9. The molecule has 1 aliphatic rings. The maximum atomic E-state index is 10.7. The van der Waals surface area contributed by atoms with Gasteiger partial charge in [-0.25, -0.2) is 0 Å². The van der Waals surface area contributed by atoms with Crippen LogP contribution in [0, 0.1) is 5.92 Å². The molecule has 0 aromatic heterocycles. The van der Waals surface area contributed by atoms with E-state index in [0.717, 1.165) is 13.0 Å². The first-order valence-corrected chi connectivity index (χ1v) is 9.46. The minimum absolute atomic E-state index is 0.134. The Balaban J connectivity index is 2.68. The number of aliphatic hydroxyl groups excluding tert-OH is 1. The van der Waals surface area contributed by atoms with Crippen molar-refractivity contribution >= 4 is 0 Å². The lowest BCUT2D eigenvalue weighted by molar-refractivity contribution is 0.0130. The van der Waals surface area contributed by atoms with Crippen LogP contribution in [-0.2, 0) is 0 Å². The molecule has 0 heterocycles. The summed E-state index contributed by atoms with van der Waals surface area (Å²) in [6, 6.07) is 0.895. The zero-order valence-electron chi connectivity index (χ0n) is 15.0. The Morgan fingerprint density at radius 3 is 1.76 bits per heavy atom. The van der Waals surface area contributed by atoms with Gasteiger partial charge in [0.1, 0.15) is 0 Å². The molecule has 0 saturated heterocycles. The molecule has 2 unspecified atom stereocenters. The van der Waals surface area contributed by atoms with E-state index in [1.54, 1.807) is 0 Å². The van der Waals surface area contributed by atoms with Crippen molar-refractivity contribution in [3.63, 3.8) is 0 Å². The van der Waals surface area contributed by atoms with Crippen molar-refractivity contribution in [1.82, 2.24) is 4.90 Å². The first-order chi connectivity index (χ1) is 10.0. The van der Waals surface area contributed by atoms with Crippen LogP contribution in [0.3, 0.4) is 0 Å². The van der Waals surface area contributed by atoms with Gasteiger partial charge in [-0.15, -0.1) is 0 Å². The fraction of sp³-hybridized carbons (Fsp3) is 1.00. The second kappa shape index (κ2) is 10.6. The summed E-state index contributed by atoms with van der Waals surface area (Å²) in [6.07, 6.45) is 12.7. The molecule has 1 N–H and O–H groups in total. The van der Waals surface area contributed by atoms with Crippen LogP contribution in [0.4, 0.5) is 0 Å². The highest BCUT2D eigenvalue weighted by Gasteiger charge is 2.27. The van der Waals surface area contributed by atoms with Gasteiger partial charge < -0.3 is 5.11 Å². The molecule has 0 aromatic carbocycles. The van der Waals surface area contributed by atoms with Crippen molar-refractivity contribution in [3.8, 4) is 0 Å². The van der Waals surface area contributed by atoms with Crippen LogP contribution in [-0.4, -0.2) is 34.7 Å². The number of hydrogen-bond acceptors (Lipinski definition) is 2. The molecule has 2 nitrogen and oxygen atoms in total. The van der Waals surface area contributed by atoms with Gasteiger partial charge in [0.25, 0.3) is 0 Å². The number of rotatable bonds is 4. The smallest absolute Gasteiger partial charge is 0.0695 e. The highest BCUT2D eigenvalue weighted by Crippen LogP contribution is 2.23. The van der Waals surface area contributed by atoms with E-state index in [1.165, 1.54) is 57.8 Å². The van der Waals surface area contributed by atoms with Crippen LogP contribution in [0.15, 0.2) is 0 Å². The molecule has 0 amide bonds. The van der Waals surface area contributed by atoms with Crippen LogP contribution >= 0.6 is 0 Å². The van der Waals surface area contributed by atoms with Crippen molar-refractivity contribution in [2.75, 3.05) is 6.54 Å². The molecule has 1 rings (SSSR count). The third-order valence-electron chi connectivity index (χ3n) is 4.86. The number of aliphatic hydroxyl groups is 1. The van der Waals surface area contributed by atoms with Gasteiger partial charge >= 0.3 is 0 Å². The van der Waals surface area contributed by atoms with E-state index in [4.69, 9.17) is 0 Å². The Bertz CT molecular complexity index is 252. The lowest BCUT2D eigenvalue weighted by Gasteiger charge is -2.39. The van der Waals surface area contributed by atoms with E-state index >= 15 is 0 Å².